The predicted molar refractivity (Wildman–Crippen MR) is 86.8 cm³/mol. The first-order chi connectivity index (χ1) is 10.1. The Balaban J connectivity index is 1.88. The van der Waals surface area contributed by atoms with Gasteiger partial charge in [0, 0.05) is 24.7 Å². The minimum atomic E-state index is 0.429. The SMILES string of the molecule is Cc1ccc(C2CNCCC2c2cnn(C(C)C)c2)cc1. The first-order valence-corrected chi connectivity index (χ1v) is 7.96. The van der Waals surface area contributed by atoms with Crippen LogP contribution in [0.4, 0.5) is 0 Å². The highest BCUT2D eigenvalue weighted by Gasteiger charge is 2.28. The number of aryl methyl sites for hydroxylation is 1. The number of hydrogen-bond acceptors (Lipinski definition) is 2. The highest BCUT2D eigenvalue weighted by Crippen LogP contribution is 2.37. The quantitative estimate of drug-likeness (QED) is 0.932. The van der Waals surface area contributed by atoms with Crippen molar-refractivity contribution in [2.45, 2.75) is 45.1 Å². The van der Waals surface area contributed by atoms with Crippen LogP contribution >= 0.6 is 0 Å². The molecule has 2 aromatic rings. The van der Waals surface area contributed by atoms with Gasteiger partial charge in [-0.25, -0.2) is 0 Å². The Kier molecular flexibility index (Phi) is 4.11. The molecule has 1 saturated heterocycles. The lowest BCUT2D eigenvalue weighted by molar-refractivity contribution is 0.403. The molecule has 1 N–H and O–H groups in total. The standard InChI is InChI=1S/C18H25N3/c1-13(2)21-12-16(10-20-21)17-8-9-19-11-18(17)15-6-4-14(3)5-7-15/h4-7,10,12-13,17-19H,8-9,11H2,1-3H3. The summed E-state index contributed by atoms with van der Waals surface area (Å²) in [6.45, 7) is 8.65. The van der Waals surface area contributed by atoms with Crippen LogP contribution in [0.5, 0.6) is 0 Å². The maximum Gasteiger partial charge on any atom is 0.0524 e. The van der Waals surface area contributed by atoms with E-state index in [1.165, 1.54) is 23.1 Å². The Bertz CT molecular complexity index is 583. The molecule has 2 atom stereocenters. The summed E-state index contributed by atoms with van der Waals surface area (Å²) >= 11 is 0. The van der Waals surface area contributed by atoms with Gasteiger partial charge < -0.3 is 5.32 Å². The van der Waals surface area contributed by atoms with Gasteiger partial charge in [-0.2, -0.15) is 5.10 Å². The average Bonchev–Trinajstić information content (AvgIpc) is 2.98. The zero-order chi connectivity index (χ0) is 14.8. The fourth-order valence-electron chi connectivity index (χ4n) is 3.25. The highest BCUT2D eigenvalue weighted by molar-refractivity contribution is 5.30. The second kappa shape index (κ2) is 6.02. The van der Waals surface area contributed by atoms with Crippen molar-refractivity contribution in [3.63, 3.8) is 0 Å². The van der Waals surface area contributed by atoms with Crippen LogP contribution in [0, 0.1) is 6.92 Å². The fraction of sp³-hybridized carbons (Fsp3) is 0.500. The van der Waals surface area contributed by atoms with Crippen LogP contribution in [-0.2, 0) is 0 Å². The van der Waals surface area contributed by atoms with Gasteiger partial charge in [0.1, 0.15) is 0 Å². The van der Waals surface area contributed by atoms with Gasteiger partial charge in [0.2, 0.25) is 0 Å². The van der Waals surface area contributed by atoms with E-state index in [2.05, 4.69) is 72.5 Å². The molecule has 3 rings (SSSR count). The lowest BCUT2D eigenvalue weighted by Gasteiger charge is -2.32. The molecular weight excluding hydrogens is 258 g/mol. The molecule has 21 heavy (non-hydrogen) atoms. The number of benzene rings is 1. The lowest BCUT2D eigenvalue weighted by atomic mass is 9.78. The molecule has 0 radical (unpaired) electrons. The molecule has 0 spiro atoms. The molecule has 3 nitrogen and oxygen atoms in total. The zero-order valence-electron chi connectivity index (χ0n) is 13.2. The van der Waals surface area contributed by atoms with Crippen LogP contribution in [0.3, 0.4) is 0 Å². The minimum absolute atomic E-state index is 0.429. The molecule has 1 aliphatic heterocycles. The van der Waals surface area contributed by atoms with Gasteiger partial charge in [0.25, 0.3) is 0 Å². The zero-order valence-corrected chi connectivity index (χ0v) is 13.2. The summed E-state index contributed by atoms with van der Waals surface area (Å²) < 4.78 is 2.07. The molecular formula is C18H25N3. The predicted octanol–water partition coefficient (Wildman–Crippen LogP) is 3.63. The van der Waals surface area contributed by atoms with Gasteiger partial charge in [-0.3, -0.25) is 4.68 Å². The summed E-state index contributed by atoms with van der Waals surface area (Å²) in [5, 5.41) is 8.08. The van der Waals surface area contributed by atoms with E-state index < -0.39 is 0 Å². The van der Waals surface area contributed by atoms with Crippen LogP contribution in [0.2, 0.25) is 0 Å². The van der Waals surface area contributed by atoms with E-state index in [1.807, 2.05) is 0 Å². The topological polar surface area (TPSA) is 29.9 Å². The third-order valence-electron chi connectivity index (χ3n) is 4.57. The van der Waals surface area contributed by atoms with Crippen molar-refractivity contribution in [1.82, 2.24) is 15.1 Å². The second-order valence-electron chi connectivity index (χ2n) is 6.46. The van der Waals surface area contributed by atoms with E-state index in [-0.39, 0.29) is 0 Å². The molecule has 112 valence electrons. The van der Waals surface area contributed by atoms with Crippen molar-refractivity contribution in [3.8, 4) is 0 Å². The van der Waals surface area contributed by atoms with Crippen molar-refractivity contribution in [2.24, 2.45) is 0 Å². The Morgan fingerprint density at radius 2 is 1.90 bits per heavy atom. The Labute approximate surface area is 127 Å². The molecule has 0 aliphatic carbocycles. The second-order valence-corrected chi connectivity index (χ2v) is 6.46. The van der Waals surface area contributed by atoms with Gasteiger partial charge in [0.15, 0.2) is 0 Å². The monoisotopic (exact) mass is 283 g/mol. The molecule has 0 amide bonds. The summed E-state index contributed by atoms with van der Waals surface area (Å²) in [4.78, 5) is 0. The van der Waals surface area contributed by atoms with E-state index in [0.29, 0.717) is 17.9 Å². The largest absolute Gasteiger partial charge is 0.316 e. The first-order valence-electron chi connectivity index (χ1n) is 7.96. The molecule has 1 aromatic heterocycles. The highest BCUT2D eigenvalue weighted by atomic mass is 15.3. The first kappa shape index (κ1) is 14.3. The Hall–Kier alpha value is -1.61. The van der Waals surface area contributed by atoms with Crippen molar-refractivity contribution in [3.05, 3.63) is 53.3 Å². The molecule has 3 heteroatoms. The van der Waals surface area contributed by atoms with E-state index in [4.69, 9.17) is 0 Å². The third-order valence-corrected chi connectivity index (χ3v) is 4.57. The van der Waals surface area contributed by atoms with Crippen molar-refractivity contribution < 1.29 is 0 Å². The Morgan fingerprint density at radius 1 is 1.14 bits per heavy atom. The van der Waals surface area contributed by atoms with Crippen molar-refractivity contribution in [1.29, 1.82) is 0 Å². The van der Waals surface area contributed by atoms with Gasteiger partial charge in [0.05, 0.1) is 6.20 Å². The number of nitrogens with one attached hydrogen (secondary N) is 1. The normalized spacial score (nSPS) is 22.7. The molecule has 0 bridgehead atoms. The molecule has 2 unspecified atom stereocenters. The third kappa shape index (κ3) is 3.03. The van der Waals surface area contributed by atoms with Crippen LogP contribution in [0.1, 0.15) is 54.8 Å². The van der Waals surface area contributed by atoms with E-state index in [9.17, 15) is 0 Å². The maximum atomic E-state index is 4.53. The maximum absolute atomic E-state index is 4.53. The van der Waals surface area contributed by atoms with Gasteiger partial charge in [-0.1, -0.05) is 29.8 Å². The van der Waals surface area contributed by atoms with Gasteiger partial charge in [-0.05, 0) is 50.8 Å². The summed E-state index contributed by atoms with van der Waals surface area (Å²) in [6, 6.07) is 9.44. The number of aromatic nitrogens is 2. The number of nitrogens with zero attached hydrogens (tertiary/aromatic N) is 2. The van der Waals surface area contributed by atoms with Crippen LogP contribution < -0.4 is 5.32 Å². The Morgan fingerprint density at radius 3 is 2.57 bits per heavy atom. The lowest BCUT2D eigenvalue weighted by Crippen LogP contribution is -2.33. The number of piperidine rings is 1. The van der Waals surface area contributed by atoms with Crippen molar-refractivity contribution >= 4 is 0 Å². The minimum Gasteiger partial charge on any atom is -0.316 e. The molecule has 2 heterocycles. The molecule has 1 aliphatic rings. The van der Waals surface area contributed by atoms with E-state index in [1.54, 1.807) is 0 Å². The van der Waals surface area contributed by atoms with Crippen molar-refractivity contribution in [2.75, 3.05) is 13.1 Å². The summed E-state index contributed by atoms with van der Waals surface area (Å²) in [5.74, 6) is 1.12. The van der Waals surface area contributed by atoms with Gasteiger partial charge >= 0.3 is 0 Å². The number of hydrogen-bond donors (Lipinski definition) is 1. The van der Waals surface area contributed by atoms with E-state index in [0.717, 1.165) is 13.1 Å². The average molecular weight is 283 g/mol. The summed E-state index contributed by atoms with van der Waals surface area (Å²) in [7, 11) is 0. The fourth-order valence-corrected chi connectivity index (χ4v) is 3.25. The van der Waals surface area contributed by atoms with E-state index >= 15 is 0 Å². The smallest absolute Gasteiger partial charge is 0.0524 e. The van der Waals surface area contributed by atoms with Crippen LogP contribution in [0.25, 0.3) is 0 Å². The van der Waals surface area contributed by atoms with Crippen LogP contribution in [0.15, 0.2) is 36.7 Å². The summed E-state index contributed by atoms with van der Waals surface area (Å²) in [6.07, 6.45) is 5.49. The molecule has 0 saturated carbocycles. The van der Waals surface area contributed by atoms with Gasteiger partial charge in [-0.15, -0.1) is 0 Å². The number of rotatable bonds is 3. The molecule has 1 aromatic carbocycles. The summed E-state index contributed by atoms with van der Waals surface area (Å²) in [5.41, 5.74) is 4.15. The van der Waals surface area contributed by atoms with Crippen LogP contribution in [-0.4, -0.2) is 22.9 Å². The molecule has 1 fully saturated rings.